The Labute approximate surface area is 163 Å². The van der Waals surface area contributed by atoms with E-state index in [-0.39, 0.29) is 29.7 Å². The Hall–Kier alpha value is -2.93. The molecule has 28 heavy (non-hydrogen) atoms. The van der Waals surface area contributed by atoms with E-state index in [1.807, 2.05) is 31.0 Å². The molecule has 2 heterocycles. The molecule has 7 heteroatoms. The fourth-order valence-corrected chi connectivity index (χ4v) is 3.82. The van der Waals surface area contributed by atoms with E-state index in [1.54, 1.807) is 23.1 Å². The summed E-state index contributed by atoms with van der Waals surface area (Å²) in [6, 6.07) is 11.2. The molecule has 1 fully saturated rings. The van der Waals surface area contributed by atoms with Crippen LogP contribution in [0.4, 0.5) is 15.8 Å². The smallest absolute Gasteiger partial charge is 0.254 e. The van der Waals surface area contributed by atoms with E-state index >= 15 is 0 Å². The summed E-state index contributed by atoms with van der Waals surface area (Å²) >= 11 is 0. The highest BCUT2D eigenvalue weighted by Crippen LogP contribution is 2.33. The second-order valence-electron chi connectivity index (χ2n) is 7.28. The summed E-state index contributed by atoms with van der Waals surface area (Å²) in [7, 11) is 1.86. The highest BCUT2D eigenvalue weighted by atomic mass is 19.1. The summed E-state index contributed by atoms with van der Waals surface area (Å²) in [5.41, 5.74) is 2.78. The first-order valence-corrected chi connectivity index (χ1v) is 9.40. The lowest BCUT2D eigenvalue weighted by Crippen LogP contribution is -2.48. The Bertz CT molecular complexity index is 932. The predicted molar refractivity (Wildman–Crippen MR) is 106 cm³/mol. The van der Waals surface area contributed by atoms with Gasteiger partial charge in [0.05, 0.1) is 17.4 Å². The first-order chi connectivity index (χ1) is 13.5. The lowest BCUT2D eigenvalue weighted by molar-refractivity contribution is -0.117. The van der Waals surface area contributed by atoms with Gasteiger partial charge in [0.2, 0.25) is 5.91 Å². The van der Waals surface area contributed by atoms with E-state index in [0.717, 1.165) is 11.3 Å². The molecule has 0 radical (unpaired) electrons. The van der Waals surface area contributed by atoms with Crippen molar-refractivity contribution in [1.82, 2.24) is 10.2 Å². The molecule has 2 unspecified atom stereocenters. The quantitative estimate of drug-likeness (QED) is 0.837. The van der Waals surface area contributed by atoms with Gasteiger partial charge in [-0.25, -0.2) is 4.39 Å². The van der Waals surface area contributed by atoms with Crippen LogP contribution in [0.2, 0.25) is 0 Å². The zero-order valence-corrected chi connectivity index (χ0v) is 15.9. The van der Waals surface area contributed by atoms with Gasteiger partial charge >= 0.3 is 0 Å². The van der Waals surface area contributed by atoms with Crippen molar-refractivity contribution in [2.24, 2.45) is 0 Å². The van der Waals surface area contributed by atoms with Crippen LogP contribution in [0.1, 0.15) is 28.9 Å². The van der Waals surface area contributed by atoms with Gasteiger partial charge in [0.25, 0.3) is 5.91 Å². The van der Waals surface area contributed by atoms with Gasteiger partial charge in [-0.1, -0.05) is 12.1 Å². The average Bonchev–Trinajstić information content (AvgIpc) is 2.71. The number of nitrogens with zero attached hydrogens (tertiary/aromatic N) is 2. The molecule has 0 aromatic heterocycles. The molecule has 1 saturated heterocycles. The molecular weight excluding hydrogens is 359 g/mol. The van der Waals surface area contributed by atoms with Gasteiger partial charge in [0.1, 0.15) is 11.9 Å². The molecule has 0 saturated carbocycles. The van der Waals surface area contributed by atoms with Gasteiger partial charge < -0.3 is 20.4 Å². The number of piperazine rings is 1. The minimum absolute atomic E-state index is 0.0978. The molecule has 2 amide bonds. The summed E-state index contributed by atoms with van der Waals surface area (Å²) in [6.45, 7) is 3.61. The number of rotatable bonds is 2. The SMILES string of the molecule is CC1C(=O)Nc2cc(C(=O)N3CCNCC3c3cccc(F)c3)ccc2N1C. The minimum atomic E-state index is -0.316. The molecule has 146 valence electrons. The first kappa shape index (κ1) is 18.4. The number of fused-ring (bicyclic) bond motifs is 1. The average molecular weight is 382 g/mol. The molecule has 2 aliphatic heterocycles. The number of likely N-dealkylation sites (N-methyl/N-ethyl adjacent to an activating group) is 1. The number of hydrogen-bond donors (Lipinski definition) is 2. The van der Waals surface area contributed by atoms with Crippen molar-refractivity contribution >= 4 is 23.2 Å². The third kappa shape index (κ3) is 3.22. The third-order valence-corrected chi connectivity index (χ3v) is 5.58. The zero-order chi connectivity index (χ0) is 19.8. The largest absolute Gasteiger partial charge is 0.361 e. The molecule has 0 bridgehead atoms. The number of nitrogens with one attached hydrogen (secondary N) is 2. The van der Waals surface area contributed by atoms with Crippen LogP contribution in [-0.4, -0.2) is 49.4 Å². The topological polar surface area (TPSA) is 64.7 Å². The van der Waals surface area contributed by atoms with Crippen molar-refractivity contribution in [3.8, 4) is 0 Å². The number of hydrogen-bond acceptors (Lipinski definition) is 4. The van der Waals surface area contributed by atoms with Crippen LogP contribution in [0, 0.1) is 5.82 Å². The van der Waals surface area contributed by atoms with Gasteiger partial charge in [-0.3, -0.25) is 9.59 Å². The maximum atomic E-state index is 13.7. The molecule has 6 nitrogen and oxygen atoms in total. The van der Waals surface area contributed by atoms with E-state index in [0.29, 0.717) is 30.9 Å². The fraction of sp³-hybridized carbons (Fsp3) is 0.333. The van der Waals surface area contributed by atoms with Crippen molar-refractivity contribution in [1.29, 1.82) is 0 Å². The molecule has 2 aromatic carbocycles. The maximum absolute atomic E-state index is 13.7. The Balaban J connectivity index is 1.64. The van der Waals surface area contributed by atoms with Crippen molar-refractivity contribution in [3.63, 3.8) is 0 Å². The van der Waals surface area contributed by atoms with E-state index in [4.69, 9.17) is 0 Å². The zero-order valence-electron chi connectivity index (χ0n) is 15.9. The van der Waals surface area contributed by atoms with Crippen LogP contribution in [-0.2, 0) is 4.79 Å². The number of carbonyl (C=O) groups excluding carboxylic acids is 2. The molecule has 2 atom stereocenters. The number of anilines is 2. The summed E-state index contributed by atoms with van der Waals surface area (Å²) in [5, 5.41) is 6.15. The Kier molecular flexibility index (Phi) is 4.77. The van der Waals surface area contributed by atoms with Crippen LogP contribution in [0.5, 0.6) is 0 Å². The van der Waals surface area contributed by atoms with E-state index in [1.165, 1.54) is 12.1 Å². The molecule has 0 spiro atoms. The van der Waals surface area contributed by atoms with Crippen LogP contribution in [0.3, 0.4) is 0 Å². The molecular formula is C21H23FN4O2. The Morgan fingerprint density at radius 2 is 2.04 bits per heavy atom. The molecule has 2 N–H and O–H groups in total. The minimum Gasteiger partial charge on any atom is -0.361 e. The van der Waals surface area contributed by atoms with Gasteiger partial charge in [0, 0.05) is 32.2 Å². The standard InChI is InChI=1S/C21H23FN4O2/c1-13-20(27)24-17-11-15(6-7-18(17)25(13)2)21(28)26-9-8-23-12-19(26)14-4-3-5-16(22)10-14/h3-7,10-11,13,19,23H,8-9,12H2,1-2H3,(H,24,27). The molecule has 0 aliphatic carbocycles. The van der Waals surface area contributed by atoms with Gasteiger partial charge in [-0.05, 0) is 42.8 Å². The summed E-state index contributed by atoms with van der Waals surface area (Å²) < 4.78 is 13.7. The van der Waals surface area contributed by atoms with Crippen LogP contribution < -0.4 is 15.5 Å². The number of halogens is 1. The predicted octanol–water partition coefficient (Wildman–Crippen LogP) is 2.39. The Morgan fingerprint density at radius 1 is 1.21 bits per heavy atom. The highest BCUT2D eigenvalue weighted by Gasteiger charge is 2.31. The second-order valence-corrected chi connectivity index (χ2v) is 7.28. The summed E-state index contributed by atoms with van der Waals surface area (Å²) in [6.07, 6.45) is 0. The van der Waals surface area contributed by atoms with Gasteiger partial charge in [-0.15, -0.1) is 0 Å². The fourth-order valence-electron chi connectivity index (χ4n) is 3.82. The summed E-state index contributed by atoms with van der Waals surface area (Å²) in [4.78, 5) is 29.0. The van der Waals surface area contributed by atoms with E-state index in [2.05, 4.69) is 10.6 Å². The molecule has 2 aliphatic rings. The maximum Gasteiger partial charge on any atom is 0.254 e. The van der Waals surface area contributed by atoms with Crippen molar-refractivity contribution in [3.05, 3.63) is 59.4 Å². The number of benzene rings is 2. The van der Waals surface area contributed by atoms with E-state index < -0.39 is 0 Å². The van der Waals surface area contributed by atoms with E-state index in [9.17, 15) is 14.0 Å². The van der Waals surface area contributed by atoms with Gasteiger partial charge in [-0.2, -0.15) is 0 Å². The first-order valence-electron chi connectivity index (χ1n) is 9.40. The van der Waals surface area contributed by atoms with Crippen LogP contribution >= 0.6 is 0 Å². The summed E-state index contributed by atoms with van der Waals surface area (Å²) in [5.74, 6) is -0.544. The normalized spacial score (nSPS) is 21.9. The van der Waals surface area contributed by atoms with Crippen LogP contribution in [0.25, 0.3) is 0 Å². The third-order valence-electron chi connectivity index (χ3n) is 5.58. The number of carbonyl (C=O) groups is 2. The monoisotopic (exact) mass is 382 g/mol. The molecule has 2 aromatic rings. The lowest BCUT2D eigenvalue weighted by atomic mass is 10.0. The molecule has 4 rings (SSSR count). The lowest BCUT2D eigenvalue weighted by Gasteiger charge is -2.37. The highest BCUT2D eigenvalue weighted by molar-refractivity contribution is 6.05. The Morgan fingerprint density at radius 3 is 2.82 bits per heavy atom. The second kappa shape index (κ2) is 7.24. The number of amides is 2. The van der Waals surface area contributed by atoms with Crippen molar-refractivity contribution < 1.29 is 14.0 Å². The van der Waals surface area contributed by atoms with Crippen molar-refractivity contribution in [2.75, 3.05) is 36.9 Å². The van der Waals surface area contributed by atoms with Crippen LogP contribution in [0.15, 0.2) is 42.5 Å². The van der Waals surface area contributed by atoms with Gasteiger partial charge in [0.15, 0.2) is 0 Å². The van der Waals surface area contributed by atoms with Crippen molar-refractivity contribution in [2.45, 2.75) is 19.0 Å².